The van der Waals surface area contributed by atoms with E-state index in [0.717, 1.165) is 24.0 Å². The van der Waals surface area contributed by atoms with E-state index in [-0.39, 0.29) is 0 Å². The number of halogens is 1. The van der Waals surface area contributed by atoms with E-state index in [4.69, 9.17) is 16.7 Å². The first kappa shape index (κ1) is 14.3. The van der Waals surface area contributed by atoms with Crippen LogP contribution in [0.25, 0.3) is 0 Å². The van der Waals surface area contributed by atoms with Crippen molar-refractivity contribution in [3.05, 3.63) is 57.2 Å². The third-order valence-corrected chi connectivity index (χ3v) is 3.79. The molecule has 0 saturated carbocycles. The first-order valence-electron chi connectivity index (χ1n) is 5.29. The summed E-state index contributed by atoms with van der Waals surface area (Å²) in [4.78, 5) is 25.5. The van der Waals surface area contributed by atoms with Gasteiger partial charge >= 0.3 is 11.7 Å². The van der Waals surface area contributed by atoms with Crippen LogP contribution < -0.4 is 0 Å². The minimum absolute atomic E-state index is 0.320. The van der Waals surface area contributed by atoms with E-state index in [1.165, 1.54) is 0 Å². The van der Waals surface area contributed by atoms with Crippen LogP contribution in [-0.2, 0) is 0 Å². The van der Waals surface area contributed by atoms with Gasteiger partial charge in [-0.25, -0.2) is 9.78 Å². The van der Waals surface area contributed by atoms with E-state index >= 15 is 0 Å². The molecule has 6 nitrogen and oxygen atoms in total. The summed E-state index contributed by atoms with van der Waals surface area (Å²) in [5.41, 5.74) is -0.944. The van der Waals surface area contributed by atoms with Crippen molar-refractivity contribution in [2.24, 2.45) is 0 Å². The summed E-state index contributed by atoms with van der Waals surface area (Å²) >= 11 is 7.12. The number of rotatable bonds is 4. The number of benzene rings is 1. The molecule has 102 valence electrons. The fourth-order valence-electron chi connectivity index (χ4n) is 1.44. The predicted molar refractivity (Wildman–Crippen MR) is 73.4 cm³/mol. The van der Waals surface area contributed by atoms with Crippen LogP contribution in [0.3, 0.4) is 0 Å². The zero-order valence-corrected chi connectivity index (χ0v) is 11.4. The Bertz CT molecular complexity index is 693. The van der Waals surface area contributed by atoms with Crippen molar-refractivity contribution in [3.8, 4) is 0 Å². The second-order valence-corrected chi connectivity index (χ2v) is 5.10. The third kappa shape index (κ3) is 3.06. The van der Waals surface area contributed by atoms with Gasteiger partial charge < -0.3 is 5.11 Å². The maximum atomic E-state index is 11.0. The van der Waals surface area contributed by atoms with E-state index in [1.54, 1.807) is 24.3 Å². The highest BCUT2D eigenvalue weighted by atomic mass is 35.5. The van der Waals surface area contributed by atoms with Gasteiger partial charge in [0.05, 0.1) is 9.95 Å². The van der Waals surface area contributed by atoms with Gasteiger partial charge in [0.25, 0.3) is 0 Å². The zero-order chi connectivity index (χ0) is 14.7. The fraction of sp³-hybridized carbons (Fsp3) is 0. The van der Waals surface area contributed by atoms with Crippen molar-refractivity contribution >= 4 is 35.0 Å². The molecule has 0 saturated heterocycles. The summed E-state index contributed by atoms with van der Waals surface area (Å²) < 4.78 is 0. The first-order valence-corrected chi connectivity index (χ1v) is 6.48. The molecule has 0 aliphatic rings. The van der Waals surface area contributed by atoms with Crippen molar-refractivity contribution in [2.75, 3.05) is 0 Å². The number of pyridine rings is 1. The standard InChI is InChI=1S/C12H7ClN2O4S/c13-8-3-1-2-4-10(8)20-11-5-7(12(16)17)9(6-14-11)15(18)19/h1-6H,(H,16,17). The van der Waals surface area contributed by atoms with E-state index in [1.807, 2.05) is 0 Å². The Labute approximate surface area is 122 Å². The SMILES string of the molecule is O=C(O)c1cc(Sc2ccccc2Cl)ncc1[N+](=O)[O-]. The van der Waals surface area contributed by atoms with Crippen molar-refractivity contribution in [1.82, 2.24) is 4.98 Å². The predicted octanol–water partition coefficient (Wildman–Crippen LogP) is 3.49. The molecular weight excluding hydrogens is 304 g/mol. The van der Waals surface area contributed by atoms with Crippen molar-refractivity contribution in [1.29, 1.82) is 0 Å². The molecule has 0 aliphatic heterocycles. The number of hydrogen-bond acceptors (Lipinski definition) is 5. The van der Waals surface area contributed by atoms with E-state index in [2.05, 4.69) is 4.98 Å². The minimum atomic E-state index is -1.37. The Hall–Kier alpha value is -2.12. The molecule has 8 heteroatoms. The van der Waals surface area contributed by atoms with Crippen LogP contribution in [0.15, 0.2) is 46.5 Å². The zero-order valence-electron chi connectivity index (χ0n) is 9.82. The summed E-state index contributed by atoms with van der Waals surface area (Å²) in [7, 11) is 0. The molecule has 0 spiro atoms. The topological polar surface area (TPSA) is 93.3 Å². The van der Waals surface area contributed by atoms with Crippen LogP contribution >= 0.6 is 23.4 Å². The van der Waals surface area contributed by atoms with Crippen molar-refractivity contribution < 1.29 is 14.8 Å². The lowest BCUT2D eigenvalue weighted by molar-refractivity contribution is -0.385. The van der Waals surface area contributed by atoms with Crippen LogP contribution in [0.4, 0.5) is 5.69 Å². The van der Waals surface area contributed by atoms with Gasteiger partial charge in [-0.15, -0.1) is 0 Å². The largest absolute Gasteiger partial charge is 0.477 e. The summed E-state index contributed by atoms with van der Waals surface area (Å²) in [6.07, 6.45) is 0.933. The molecule has 1 N–H and O–H groups in total. The number of nitro groups is 1. The number of nitrogens with zero attached hydrogens (tertiary/aromatic N) is 2. The summed E-state index contributed by atoms with van der Waals surface area (Å²) in [5.74, 6) is -1.37. The number of carbonyl (C=O) groups is 1. The van der Waals surface area contributed by atoms with Gasteiger partial charge in [0.2, 0.25) is 0 Å². The van der Waals surface area contributed by atoms with Gasteiger partial charge in [-0.2, -0.15) is 0 Å². The molecule has 0 amide bonds. The third-order valence-electron chi connectivity index (χ3n) is 2.34. The second-order valence-electron chi connectivity index (χ2n) is 3.63. The lowest BCUT2D eigenvalue weighted by Gasteiger charge is -2.04. The normalized spacial score (nSPS) is 10.2. The maximum absolute atomic E-state index is 11.0. The second kappa shape index (κ2) is 5.89. The summed E-state index contributed by atoms with van der Waals surface area (Å²) in [5, 5.41) is 20.5. The van der Waals surface area contributed by atoms with Crippen LogP contribution in [0.5, 0.6) is 0 Å². The summed E-state index contributed by atoms with van der Waals surface area (Å²) in [6, 6.07) is 8.13. The highest BCUT2D eigenvalue weighted by Crippen LogP contribution is 2.33. The van der Waals surface area contributed by atoms with Crippen molar-refractivity contribution in [2.45, 2.75) is 9.92 Å². The van der Waals surface area contributed by atoms with Gasteiger partial charge in [-0.3, -0.25) is 10.1 Å². The number of aromatic nitrogens is 1. The molecule has 1 aromatic heterocycles. The smallest absolute Gasteiger partial charge is 0.342 e. The highest BCUT2D eigenvalue weighted by Gasteiger charge is 2.21. The molecule has 0 fully saturated rings. The molecule has 1 aromatic carbocycles. The molecule has 1 heterocycles. The quantitative estimate of drug-likeness (QED) is 0.686. The van der Waals surface area contributed by atoms with Crippen molar-refractivity contribution in [3.63, 3.8) is 0 Å². The van der Waals surface area contributed by atoms with Gasteiger partial charge in [0, 0.05) is 4.90 Å². The highest BCUT2D eigenvalue weighted by molar-refractivity contribution is 7.99. The number of carboxylic acids is 1. The Morgan fingerprint density at radius 3 is 2.70 bits per heavy atom. The Morgan fingerprint density at radius 2 is 2.10 bits per heavy atom. The molecular formula is C12H7ClN2O4S. The summed E-state index contributed by atoms with van der Waals surface area (Å²) in [6.45, 7) is 0. The molecule has 0 radical (unpaired) electrons. The Morgan fingerprint density at radius 1 is 1.40 bits per heavy atom. The number of hydrogen-bond donors (Lipinski definition) is 1. The Balaban J connectivity index is 2.40. The number of carboxylic acid groups (broad SMARTS) is 1. The lowest BCUT2D eigenvalue weighted by atomic mass is 10.2. The van der Waals surface area contributed by atoms with Gasteiger partial charge in [-0.05, 0) is 18.2 Å². The van der Waals surface area contributed by atoms with E-state index in [9.17, 15) is 14.9 Å². The molecule has 0 bridgehead atoms. The van der Waals surface area contributed by atoms with Crippen LogP contribution in [0, 0.1) is 10.1 Å². The first-order chi connectivity index (χ1) is 9.49. The average Bonchev–Trinajstić information content (AvgIpc) is 2.41. The van der Waals surface area contributed by atoms with E-state index < -0.39 is 22.1 Å². The molecule has 0 atom stereocenters. The molecule has 0 unspecified atom stereocenters. The number of aromatic carboxylic acids is 1. The van der Waals surface area contributed by atoms with Gasteiger partial charge in [0.1, 0.15) is 16.8 Å². The monoisotopic (exact) mass is 310 g/mol. The molecule has 20 heavy (non-hydrogen) atoms. The minimum Gasteiger partial charge on any atom is -0.477 e. The van der Waals surface area contributed by atoms with Gasteiger partial charge in [-0.1, -0.05) is 35.5 Å². The van der Waals surface area contributed by atoms with Crippen LogP contribution in [0.2, 0.25) is 5.02 Å². The average molecular weight is 311 g/mol. The fourth-order valence-corrected chi connectivity index (χ4v) is 2.51. The molecule has 2 rings (SSSR count). The molecule has 0 aliphatic carbocycles. The molecule has 2 aromatic rings. The van der Waals surface area contributed by atoms with Gasteiger partial charge in [0.15, 0.2) is 0 Å². The van der Waals surface area contributed by atoms with Crippen LogP contribution in [-0.4, -0.2) is 21.0 Å². The van der Waals surface area contributed by atoms with E-state index in [0.29, 0.717) is 14.9 Å². The maximum Gasteiger partial charge on any atom is 0.342 e. The Kier molecular flexibility index (Phi) is 4.21. The van der Waals surface area contributed by atoms with Crippen LogP contribution in [0.1, 0.15) is 10.4 Å². The lowest BCUT2D eigenvalue weighted by Crippen LogP contribution is -2.03.